The van der Waals surface area contributed by atoms with Gasteiger partial charge in [0.05, 0.1) is 5.52 Å². The molecule has 7 nitrogen and oxygen atoms in total. The molecule has 0 aliphatic heterocycles. The maximum atomic E-state index is 11.8. The number of H-pyrrole nitrogens is 1. The number of esters is 1. The van der Waals surface area contributed by atoms with Crippen molar-refractivity contribution >= 4 is 34.4 Å². The quantitative estimate of drug-likeness (QED) is 0.544. The highest BCUT2D eigenvalue weighted by atomic mass is 16.5. The van der Waals surface area contributed by atoms with Crippen LogP contribution in [0.2, 0.25) is 0 Å². The van der Waals surface area contributed by atoms with Crippen LogP contribution in [0.3, 0.4) is 0 Å². The molecular formula is C19H17N3O4. The Balaban J connectivity index is 1.85. The van der Waals surface area contributed by atoms with Crippen molar-refractivity contribution in [3.63, 3.8) is 0 Å². The number of carbonyl (C=O) groups excluding carboxylic acids is 3. The molecule has 132 valence electrons. The number of ketones is 1. The molecule has 0 radical (unpaired) electrons. The van der Waals surface area contributed by atoms with Crippen molar-refractivity contribution in [2.45, 2.75) is 13.8 Å². The van der Waals surface area contributed by atoms with Crippen molar-refractivity contribution in [3.8, 4) is 11.1 Å². The Labute approximate surface area is 149 Å². The standard InChI is InChI=1S/C19H17N3O4/c1-11(23)13-4-3-5-14(8-13)15-6-7-16-17(9-15)21-22-19(16)20-18(25)10-26-12(2)24/h3-9H,10H2,1-2H3,(H2,20,21,22,25). The van der Waals surface area contributed by atoms with Crippen LogP contribution in [0.4, 0.5) is 5.82 Å². The lowest BCUT2D eigenvalue weighted by Gasteiger charge is -2.05. The number of carbonyl (C=O) groups is 3. The van der Waals surface area contributed by atoms with Gasteiger partial charge in [-0.1, -0.05) is 24.3 Å². The van der Waals surface area contributed by atoms with Crippen LogP contribution < -0.4 is 5.32 Å². The lowest BCUT2D eigenvalue weighted by Crippen LogP contribution is -2.20. The summed E-state index contributed by atoms with van der Waals surface area (Å²) in [6.45, 7) is 2.40. The molecule has 1 heterocycles. The van der Waals surface area contributed by atoms with E-state index in [2.05, 4.69) is 20.3 Å². The first kappa shape index (κ1) is 17.3. The van der Waals surface area contributed by atoms with Crippen molar-refractivity contribution in [1.29, 1.82) is 0 Å². The SMILES string of the molecule is CC(=O)OCC(=O)Nc1n[nH]c2cc(-c3cccc(C(C)=O)c3)ccc12. The van der Waals surface area contributed by atoms with Gasteiger partial charge >= 0.3 is 5.97 Å². The van der Waals surface area contributed by atoms with Gasteiger partial charge in [0, 0.05) is 17.9 Å². The molecule has 26 heavy (non-hydrogen) atoms. The molecule has 0 fully saturated rings. The normalized spacial score (nSPS) is 10.5. The summed E-state index contributed by atoms with van der Waals surface area (Å²) in [5, 5.41) is 10.3. The summed E-state index contributed by atoms with van der Waals surface area (Å²) < 4.78 is 4.66. The third-order valence-corrected chi connectivity index (χ3v) is 3.83. The van der Waals surface area contributed by atoms with E-state index in [1.165, 1.54) is 13.8 Å². The molecule has 0 aliphatic carbocycles. The molecule has 0 bridgehead atoms. The van der Waals surface area contributed by atoms with Crippen molar-refractivity contribution in [2.75, 3.05) is 11.9 Å². The van der Waals surface area contributed by atoms with Crippen LogP contribution in [0, 0.1) is 0 Å². The van der Waals surface area contributed by atoms with E-state index in [0.29, 0.717) is 11.4 Å². The van der Waals surface area contributed by atoms with E-state index in [0.717, 1.165) is 22.0 Å². The van der Waals surface area contributed by atoms with E-state index in [1.807, 2.05) is 36.4 Å². The summed E-state index contributed by atoms with van der Waals surface area (Å²) in [5.41, 5.74) is 3.21. The molecule has 0 unspecified atom stereocenters. The first-order valence-corrected chi connectivity index (χ1v) is 7.97. The fourth-order valence-electron chi connectivity index (χ4n) is 2.55. The summed E-state index contributed by atoms with van der Waals surface area (Å²) in [7, 11) is 0. The van der Waals surface area contributed by atoms with Crippen LogP contribution in [-0.4, -0.2) is 34.5 Å². The highest BCUT2D eigenvalue weighted by Crippen LogP contribution is 2.27. The average molecular weight is 351 g/mol. The predicted octanol–water partition coefficient (Wildman–Crippen LogP) is 2.93. The van der Waals surface area contributed by atoms with Crippen molar-refractivity contribution in [2.24, 2.45) is 0 Å². The Morgan fingerprint density at radius 1 is 1.08 bits per heavy atom. The van der Waals surface area contributed by atoms with Gasteiger partial charge in [-0.25, -0.2) is 0 Å². The largest absolute Gasteiger partial charge is 0.456 e. The fraction of sp³-hybridized carbons (Fsp3) is 0.158. The number of aromatic nitrogens is 2. The maximum absolute atomic E-state index is 11.8. The minimum atomic E-state index is -0.524. The highest BCUT2D eigenvalue weighted by Gasteiger charge is 2.12. The second-order valence-electron chi connectivity index (χ2n) is 5.80. The molecule has 0 aliphatic rings. The van der Waals surface area contributed by atoms with E-state index >= 15 is 0 Å². The molecule has 3 rings (SSSR count). The van der Waals surface area contributed by atoms with Gasteiger partial charge in [0.25, 0.3) is 5.91 Å². The van der Waals surface area contributed by atoms with Crippen LogP contribution in [0.5, 0.6) is 0 Å². The number of aromatic amines is 1. The molecule has 0 spiro atoms. The Hall–Kier alpha value is -3.48. The van der Waals surface area contributed by atoms with Gasteiger partial charge in [0.15, 0.2) is 18.2 Å². The zero-order valence-corrected chi connectivity index (χ0v) is 14.3. The van der Waals surface area contributed by atoms with Crippen molar-refractivity contribution < 1.29 is 19.1 Å². The Morgan fingerprint density at radius 2 is 1.85 bits per heavy atom. The monoisotopic (exact) mass is 351 g/mol. The summed E-state index contributed by atoms with van der Waals surface area (Å²) in [4.78, 5) is 34.1. The van der Waals surface area contributed by atoms with Crippen LogP contribution >= 0.6 is 0 Å². The average Bonchev–Trinajstić information content (AvgIpc) is 3.02. The number of hydrogen-bond donors (Lipinski definition) is 2. The number of hydrogen-bond acceptors (Lipinski definition) is 5. The first-order chi connectivity index (χ1) is 12.4. The number of fused-ring (bicyclic) bond motifs is 1. The molecule has 7 heteroatoms. The van der Waals surface area contributed by atoms with Gasteiger partial charge in [-0.15, -0.1) is 0 Å². The lowest BCUT2D eigenvalue weighted by atomic mass is 10.0. The smallest absolute Gasteiger partial charge is 0.303 e. The molecule has 1 aromatic heterocycles. The van der Waals surface area contributed by atoms with E-state index in [4.69, 9.17) is 0 Å². The highest BCUT2D eigenvalue weighted by molar-refractivity contribution is 6.01. The van der Waals surface area contributed by atoms with E-state index in [-0.39, 0.29) is 12.4 Å². The predicted molar refractivity (Wildman–Crippen MR) is 96.8 cm³/mol. The maximum Gasteiger partial charge on any atom is 0.303 e. The molecule has 2 N–H and O–H groups in total. The minimum absolute atomic E-state index is 0.00671. The van der Waals surface area contributed by atoms with Crippen molar-refractivity contribution in [3.05, 3.63) is 48.0 Å². The van der Waals surface area contributed by atoms with Crippen LogP contribution in [-0.2, 0) is 14.3 Å². The molecule has 2 aromatic carbocycles. The van der Waals surface area contributed by atoms with E-state index in [1.54, 1.807) is 6.07 Å². The number of anilines is 1. The molecular weight excluding hydrogens is 334 g/mol. The fourth-order valence-corrected chi connectivity index (χ4v) is 2.55. The lowest BCUT2D eigenvalue weighted by molar-refractivity contribution is -0.144. The van der Waals surface area contributed by atoms with Crippen LogP contribution in [0.15, 0.2) is 42.5 Å². The van der Waals surface area contributed by atoms with Gasteiger partial charge in [-0.3, -0.25) is 19.5 Å². The summed E-state index contributed by atoms with van der Waals surface area (Å²) >= 11 is 0. The van der Waals surface area contributed by atoms with Gasteiger partial charge in [-0.2, -0.15) is 5.10 Å². The van der Waals surface area contributed by atoms with E-state index in [9.17, 15) is 14.4 Å². The van der Waals surface area contributed by atoms with Gasteiger partial charge in [-0.05, 0) is 36.2 Å². The number of ether oxygens (including phenoxy) is 1. The van der Waals surface area contributed by atoms with Crippen LogP contribution in [0.25, 0.3) is 22.0 Å². The summed E-state index contributed by atoms with van der Waals surface area (Å²) in [5.74, 6) is -0.621. The number of Topliss-reactive ketones (excluding diaryl/α,β-unsaturated/α-hetero) is 1. The molecule has 0 atom stereocenters. The molecule has 1 amide bonds. The second kappa shape index (κ2) is 7.18. The molecule has 0 saturated heterocycles. The van der Waals surface area contributed by atoms with Crippen LogP contribution in [0.1, 0.15) is 24.2 Å². The third kappa shape index (κ3) is 3.77. The van der Waals surface area contributed by atoms with Gasteiger partial charge < -0.3 is 10.1 Å². The summed E-state index contributed by atoms with van der Waals surface area (Å²) in [6.07, 6.45) is 0. The van der Waals surface area contributed by atoms with Gasteiger partial charge in [0.1, 0.15) is 0 Å². The Bertz CT molecular complexity index is 1010. The third-order valence-electron chi connectivity index (χ3n) is 3.83. The number of nitrogens with zero attached hydrogens (tertiary/aromatic N) is 1. The molecule has 0 saturated carbocycles. The van der Waals surface area contributed by atoms with Crippen molar-refractivity contribution in [1.82, 2.24) is 10.2 Å². The summed E-state index contributed by atoms with van der Waals surface area (Å²) in [6, 6.07) is 13.0. The number of rotatable bonds is 5. The Morgan fingerprint density at radius 3 is 2.58 bits per heavy atom. The Kier molecular flexibility index (Phi) is 4.79. The minimum Gasteiger partial charge on any atom is -0.456 e. The second-order valence-corrected chi connectivity index (χ2v) is 5.80. The number of amides is 1. The first-order valence-electron chi connectivity index (χ1n) is 7.97. The topological polar surface area (TPSA) is 101 Å². The zero-order valence-electron chi connectivity index (χ0n) is 14.3. The van der Waals surface area contributed by atoms with E-state index < -0.39 is 11.9 Å². The molecule has 3 aromatic rings. The number of benzene rings is 2. The van der Waals surface area contributed by atoms with Gasteiger partial charge in [0.2, 0.25) is 0 Å². The number of nitrogens with one attached hydrogen (secondary N) is 2. The zero-order chi connectivity index (χ0) is 18.7.